The van der Waals surface area contributed by atoms with E-state index in [4.69, 9.17) is 0 Å². The van der Waals surface area contributed by atoms with Crippen LogP contribution < -0.4 is 10.6 Å². The molecule has 158 valence electrons. The monoisotopic (exact) mass is 408 g/mol. The fourth-order valence-electron chi connectivity index (χ4n) is 3.53. The highest BCUT2D eigenvalue weighted by Crippen LogP contribution is 2.44. The van der Waals surface area contributed by atoms with Crippen molar-refractivity contribution >= 4 is 5.96 Å². The van der Waals surface area contributed by atoms with Crippen LogP contribution in [0.25, 0.3) is 0 Å². The van der Waals surface area contributed by atoms with Crippen molar-refractivity contribution in [2.75, 3.05) is 13.1 Å². The summed E-state index contributed by atoms with van der Waals surface area (Å²) in [4.78, 5) is 4.56. The highest BCUT2D eigenvalue weighted by molar-refractivity contribution is 5.79. The van der Waals surface area contributed by atoms with E-state index < -0.39 is 11.7 Å². The topological polar surface area (TPSA) is 67.1 Å². The number of nitrogens with zero attached hydrogens (tertiary/aromatic N) is 4. The number of aromatic nitrogens is 3. The van der Waals surface area contributed by atoms with E-state index in [0.29, 0.717) is 25.6 Å². The first-order valence-electron chi connectivity index (χ1n) is 9.80. The Morgan fingerprint density at radius 3 is 2.55 bits per heavy atom. The summed E-state index contributed by atoms with van der Waals surface area (Å²) in [6.45, 7) is 5.41. The summed E-state index contributed by atoms with van der Waals surface area (Å²) in [6, 6.07) is 5.70. The lowest BCUT2D eigenvalue weighted by atomic mass is 9.64. The van der Waals surface area contributed by atoms with Gasteiger partial charge < -0.3 is 15.2 Å². The van der Waals surface area contributed by atoms with Gasteiger partial charge in [-0.25, -0.2) is 4.99 Å². The van der Waals surface area contributed by atoms with Crippen molar-refractivity contribution in [3.8, 4) is 0 Å². The molecule has 6 nitrogen and oxygen atoms in total. The number of hydrogen-bond donors (Lipinski definition) is 2. The van der Waals surface area contributed by atoms with Gasteiger partial charge in [0.15, 0.2) is 11.8 Å². The molecule has 2 aromatic rings. The first-order valence-corrected chi connectivity index (χ1v) is 9.80. The lowest BCUT2D eigenvalue weighted by Gasteiger charge is -2.43. The minimum absolute atomic E-state index is 0.307. The van der Waals surface area contributed by atoms with Gasteiger partial charge in [0.1, 0.15) is 12.4 Å². The Bertz CT molecular complexity index is 867. The summed E-state index contributed by atoms with van der Waals surface area (Å²) in [5.41, 5.74) is -0.177. The number of benzene rings is 1. The quantitative estimate of drug-likeness (QED) is 0.569. The maximum Gasteiger partial charge on any atom is 0.416 e. The van der Waals surface area contributed by atoms with Crippen LogP contribution in [0.4, 0.5) is 13.2 Å². The second-order valence-corrected chi connectivity index (χ2v) is 7.48. The third kappa shape index (κ3) is 4.71. The predicted molar refractivity (Wildman–Crippen MR) is 106 cm³/mol. The molecule has 0 aliphatic heterocycles. The van der Waals surface area contributed by atoms with Crippen LogP contribution in [0.15, 0.2) is 29.3 Å². The number of aryl methyl sites for hydroxylation is 1. The minimum atomic E-state index is -4.33. The zero-order valence-electron chi connectivity index (χ0n) is 17.0. The van der Waals surface area contributed by atoms with E-state index in [1.54, 1.807) is 6.07 Å². The Hall–Kier alpha value is -2.58. The van der Waals surface area contributed by atoms with Crippen LogP contribution in [-0.4, -0.2) is 33.8 Å². The van der Waals surface area contributed by atoms with Crippen molar-refractivity contribution in [3.05, 3.63) is 47.0 Å². The normalized spacial score (nSPS) is 16.4. The largest absolute Gasteiger partial charge is 0.416 e. The summed E-state index contributed by atoms with van der Waals surface area (Å²) in [6.07, 6.45) is -1.63. The van der Waals surface area contributed by atoms with E-state index >= 15 is 0 Å². The smallest absolute Gasteiger partial charge is 0.357 e. The summed E-state index contributed by atoms with van der Waals surface area (Å²) in [7, 11) is 1.89. The molecule has 2 N–H and O–H groups in total. The predicted octanol–water partition coefficient (Wildman–Crippen LogP) is 3.32. The van der Waals surface area contributed by atoms with Gasteiger partial charge in [0.05, 0.1) is 5.56 Å². The Morgan fingerprint density at radius 2 is 2.00 bits per heavy atom. The van der Waals surface area contributed by atoms with Crippen LogP contribution in [0.2, 0.25) is 0 Å². The van der Waals surface area contributed by atoms with E-state index in [1.165, 1.54) is 12.1 Å². The second kappa shape index (κ2) is 8.42. The highest BCUT2D eigenvalue weighted by atomic mass is 19.4. The van der Waals surface area contributed by atoms with E-state index in [1.807, 2.05) is 25.5 Å². The maximum atomic E-state index is 13.1. The molecular weight excluding hydrogens is 381 g/mol. The average molecular weight is 408 g/mol. The number of alkyl halides is 3. The van der Waals surface area contributed by atoms with Gasteiger partial charge in [0.25, 0.3) is 0 Å². The number of nitrogens with one attached hydrogen (secondary N) is 2. The maximum absolute atomic E-state index is 13.1. The van der Waals surface area contributed by atoms with Crippen LogP contribution in [0.1, 0.15) is 49.0 Å². The lowest BCUT2D eigenvalue weighted by molar-refractivity contribution is -0.137. The molecule has 9 heteroatoms. The summed E-state index contributed by atoms with van der Waals surface area (Å²) < 4.78 is 41.3. The first kappa shape index (κ1) is 21.1. The molecule has 29 heavy (non-hydrogen) atoms. The molecule has 0 amide bonds. The fourth-order valence-corrected chi connectivity index (χ4v) is 3.53. The van der Waals surface area contributed by atoms with Gasteiger partial charge >= 0.3 is 6.18 Å². The van der Waals surface area contributed by atoms with Crippen LogP contribution >= 0.6 is 0 Å². The fraction of sp³-hybridized carbons (Fsp3) is 0.550. The van der Waals surface area contributed by atoms with Crippen molar-refractivity contribution < 1.29 is 13.2 Å². The summed E-state index contributed by atoms with van der Waals surface area (Å²) in [5, 5.41) is 14.6. The SMILES string of the molecule is CCNC(=NCc1nnc(C)n1C)NCC1(c2cccc(C(F)(F)F)c2)CCC1. The van der Waals surface area contributed by atoms with Crippen LogP contribution in [0, 0.1) is 6.92 Å². The van der Waals surface area contributed by atoms with Crippen molar-refractivity contribution in [3.63, 3.8) is 0 Å². The molecule has 0 radical (unpaired) electrons. The molecule has 0 bridgehead atoms. The Kier molecular flexibility index (Phi) is 6.14. The third-order valence-corrected chi connectivity index (χ3v) is 5.61. The van der Waals surface area contributed by atoms with Gasteiger partial charge in [-0.3, -0.25) is 0 Å². The minimum Gasteiger partial charge on any atom is -0.357 e. The summed E-state index contributed by atoms with van der Waals surface area (Å²) >= 11 is 0. The number of guanidine groups is 1. The average Bonchev–Trinajstić information content (AvgIpc) is 2.96. The molecule has 3 rings (SSSR count). The van der Waals surface area contributed by atoms with E-state index in [-0.39, 0.29) is 5.41 Å². The van der Waals surface area contributed by atoms with E-state index in [0.717, 1.165) is 42.5 Å². The van der Waals surface area contributed by atoms with Crippen molar-refractivity contribution in [1.29, 1.82) is 0 Å². The molecule has 0 spiro atoms. The highest BCUT2D eigenvalue weighted by Gasteiger charge is 2.40. The molecular formula is C20H27F3N6. The molecule has 1 fully saturated rings. The molecule has 0 unspecified atom stereocenters. The van der Waals surface area contributed by atoms with E-state index in [2.05, 4.69) is 25.8 Å². The van der Waals surface area contributed by atoms with Gasteiger partial charge in [0, 0.05) is 25.6 Å². The lowest BCUT2D eigenvalue weighted by Crippen LogP contribution is -2.49. The van der Waals surface area contributed by atoms with Gasteiger partial charge in [-0.05, 0) is 38.3 Å². The van der Waals surface area contributed by atoms with E-state index in [9.17, 15) is 13.2 Å². The van der Waals surface area contributed by atoms with Gasteiger partial charge in [-0.1, -0.05) is 24.6 Å². The Balaban J connectivity index is 1.74. The standard InChI is InChI=1S/C20H27F3N6/c1-4-24-18(25-12-17-28-27-14(2)29(17)3)26-13-19(9-6-10-19)15-7-5-8-16(11-15)20(21,22)23/h5,7-8,11H,4,6,9-10,12-13H2,1-3H3,(H2,24,25,26). The molecule has 1 aromatic heterocycles. The Labute approximate surface area is 168 Å². The van der Waals surface area contributed by atoms with Crippen molar-refractivity contribution in [1.82, 2.24) is 25.4 Å². The zero-order chi connectivity index (χ0) is 21.1. The molecule has 1 heterocycles. The van der Waals surface area contributed by atoms with Crippen LogP contribution in [0.3, 0.4) is 0 Å². The Morgan fingerprint density at radius 1 is 1.24 bits per heavy atom. The number of hydrogen-bond acceptors (Lipinski definition) is 3. The van der Waals surface area contributed by atoms with Crippen LogP contribution in [0.5, 0.6) is 0 Å². The zero-order valence-corrected chi connectivity index (χ0v) is 17.0. The molecule has 1 aromatic carbocycles. The molecule has 0 saturated heterocycles. The van der Waals surface area contributed by atoms with Gasteiger partial charge in [0.2, 0.25) is 0 Å². The molecule has 1 aliphatic carbocycles. The molecule has 0 atom stereocenters. The van der Waals surface area contributed by atoms with Crippen molar-refractivity contribution in [2.45, 2.75) is 51.2 Å². The first-order chi connectivity index (χ1) is 13.7. The van der Waals surface area contributed by atoms with Crippen molar-refractivity contribution in [2.24, 2.45) is 12.0 Å². The number of halogens is 3. The van der Waals surface area contributed by atoms with Crippen LogP contribution in [-0.2, 0) is 25.2 Å². The van der Waals surface area contributed by atoms with Gasteiger partial charge in [-0.2, -0.15) is 13.2 Å². The summed E-state index contributed by atoms with van der Waals surface area (Å²) in [5.74, 6) is 2.17. The molecule has 1 saturated carbocycles. The second-order valence-electron chi connectivity index (χ2n) is 7.48. The van der Waals surface area contributed by atoms with Gasteiger partial charge in [-0.15, -0.1) is 10.2 Å². The third-order valence-electron chi connectivity index (χ3n) is 5.61. The number of aliphatic imine (C=N–C) groups is 1. The molecule has 1 aliphatic rings. The number of rotatable bonds is 6.